The Kier molecular flexibility index (Phi) is 6.77. The van der Waals surface area contributed by atoms with Gasteiger partial charge >= 0.3 is 0 Å². The average molecular weight is 500 g/mol. The quantitative estimate of drug-likeness (QED) is 0.512. The highest BCUT2D eigenvalue weighted by Crippen LogP contribution is 2.32. The van der Waals surface area contributed by atoms with Crippen LogP contribution < -0.4 is 5.32 Å². The zero-order valence-corrected chi connectivity index (χ0v) is 19.3. The van der Waals surface area contributed by atoms with Crippen LogP contribution in [0.25, 0.3) is 10.2 Å². The van der Waals surface area contributed by atoms with Gasteiger partial charge in [0.05, 0.1) is 28.3 Å². The number of hydrogen-bond acceptors (Lipinski definition) is 7. The molecular formula is C20H19F2N3O4S3. The number of halogens is 2. The molecule has 7 nitrogen and oxygen atoms in total. The molecule has 2 aromatic carbocycles. The van der Waals surface area contributed by atoms with Gasteiger partial charge in [0, 0.05) is 23.5 Å². The number of alkyl halides is 2. The van der Waals surface area contributed by atoms with Crippen molar-refractivity contribution in [3.63, 3.8) is 0 Å². The predicted molar refractivity (Wildman–Crippen MR) is 120 cm³/mol. The van der Waals surface area contributed by atoms with Gasteiger partial charge in [-0.2, -0.15) is 13.1 Å². The molecule has 1 N–H and O–H groups in total. The van der Waals surface area contributed by atoms with Crippen LogP contribution in [0.15, 0.2) is 46.2 Å². The van der Waals surface area contributed by atoms with E-state index < -0.39 is 21.7 Å². The molecule has 1 amide bonds. The van der Waals surface area contributed by atoms with Gasteiger partial charge in [-0.1, -0.05) is 29.2 Å². The Morgan fingerprint density at radius 2 is 1.97 bits per heavy atom. The molecule has 0 radical (unpaired) electrons. The van der Waals surface area contributed by atoms with Gasteiger partial charge in [0.1, 0.15) is 0 Å². The molecule has 3 aromatic rings. The highest BCUT2D eigenvalue weighted by atomic mass is 32.2. The fourth-order valence-corrected chi connectivity index (χ4v) is 6.42. The van der Waals surface area contributed by atoms with E-state index in [1.165, 1.54) is 10.4 Å². The van der Waals surface area contributed by atoms with Crippen molar-refractivity contribution >= 4 is 54.4 Å². The van der Waals surface area contributed by atoms with E-state index in [0.717, 1.165) is 11.3 Å². The Morgan fingerprint density at radius 3 is 2.69 bits per heavy atom. The van der Waals surface area contributed by atoms with Gasteiger partial charge in [0.2, 0.25) is 10.0 Å². The topological polar surface area (TPSA) is 88.6 Å². The molecule has 1 fully saturated rings. The number of benzene rings is 2. The molecule has 0 atom stereocenters. The van der Waals surface area contributed by atoms with Crippen LogP contribution in [0, 0.1) is 6.92 Å². The molecule has 32 heavy (non-hydrogen) atoms. The van der Waals surface area contributed by atoms with Gasteiger partial charge in [0.15, 0.2) is 5.13 Å². The number of amides is 1. The molecule has 0 saturated carbocycles. The van der Waals surface area contributed by atoms with Crippen LogP contribution in [0.3, 0.4) is 0 Å². The number of carbonyl (C=O) groups is 1. The van der Waals surface area contributed by atoms with Crippen molar-refractivity contribution in [1.29, 1.82) is 0 Å². The van der Waals surface area contributed by atoms with E-state index in [0.29, 0.717) is 50.8 Å². The first-order valence-electron chi connectivity index (χ1n) is 9.59. The molecule has 0 unspecified atom stereocenters. The number of hydrogen-bond donors (Lipinski definition) is 1. The van der Waals surface area contributed by atoms with Crippen molar-refractivity contribution < 1.29 is 26.7 Å². The number of ether oxygens (including phenoxy) is 1. The normalized spacial score (nSPS) is 15.4. The van der Waals surface area contributed by atoms with Crippen LogP contribution in [0.1, 0.15) is 15.9 Å². The molecule has 0 spiro atoms. The standard InChI is InChI=1S/C20H19F2N3O4S3/c1-12-2-3-13(10-17(12)32(27,28)25-6-8-29-9-7-25)18(26)24-20-23-15-5-4-14(30-19(21)22)11-16(15)31-20/h2-5,10-11,19H,6-9H2,1H3,(H,23,24,26). The Hall–Kier alpha value is -2.12. The van der Waals surface area contributed by atoms with Gasteiger partial charge in [-0.15, -0.1) is 0 Å². The lowest BCUT2D eigenvalue weighted by molar-refractivity contribution is 0.0730. The molecule has 170 valence electrons. The van der Waals surface area contributed by atoms with Crippen molar-refractivity contribution in [3.8, 4) is 0 Å². The summed E-state index contributed by atoms with van der Waals surface area (Å²) in [5, 5.41) is 2.96. The number of nitrogens with zero attached hydrogens (tertiary/aromatic N) is 2. The maximum absolute atomic E-state index is 13.0. The number of rotatable bonds is 6. The van der Waals surface area contributed by atoms with E-state index in [2.05, 4.69) is 10.3 Å². The average Bonchev–Trinajstić information content (AvgIpc) is 3.15. The van der Waals surface area contributed by atoms with E-state index in [9.17, 15) is 22.0 Å². The molecule has 1 aromatic heterocycles. The second-order valence-corrected chi connectivity index (χ2v) is 11.0. The summed E-state index contributed by atoms with van der Waals surface area (Å²) in [6.07, 6.45) is 0. The monoisotopic (exact) mass is 499 g/mol. The molecule has 12 heteroatoms. The summed E-state index contributed by atoms with van der Waals surface area (Å²) in [6.45, 7) is 2.85. The van der Waals surface area contributed by atoms with Crippen molar-refractivity contribution in [2.45, 2.75) is 22.5 Å². The van der Waals surface area contributed by atoms with Gasteiger partial charge in [-0.25, -0.2) is 13.4 Å². The Labute approximate surface area is 191 Å². The van der Waals surface area contributed by atoms with Crippen LogP contribution >= 0.6 is 23.1 Å². The number of aryl methyl sites for hydroxylation is 1. The highest BCUT2D eigenvalue weighted by molar-refractivity contribution is 7.99. The third kappa shape index (κ3) is 4.94. The van der Waals surface area contributed by atoms with Gasteiger partial charge in [0.25, 0.3) is 11.7 Å². The summed E-state index contributed by atoms with van der Waals surface area (Å²) in [6, 6.07) is 9.26. The zero-order valence-electron chi connectivity index (χ0n) is 16.9. The van der Waals surface area contributed by atoms with Crippen molar-refractivity contribution in [3.05, 3.63) is 47.5 Å². The van der Waals surface area contributed by atoms with Gasteiger partial charge in [-0.3, -0.25) is 10.1 Å². The molecule has 1 aliphatic rings. The number of morpholine rings is 1. The van der Waals surface area contributed by atoms with Crippen molar-refractivity contribution in [2.24, 2.45) is 0 Å². The van der Waals surface area contributed by atoms with Crippen LogP contribution in [0.5, 0.6) is 0 Å². The number of aromatic nitrogens is 1. The van der Waals surface area contributed by atoms with Crippen LogP contribution in [0.2, 0.25) is 0 Å². The first-order chi connectivity index (χ1) is 15.2. The minimum absolute atomic E-state index is 0.0741. The van der Waals surface area contributed by atoms with Crippen molar-refractivity contribution in [2.75, 3.05) is 31.6 Å². The number of fused-ring (bicyclic) bond motifs is 1. The summed E-state index contributed by atoms with van der Waals surface area (Å²) in [7, 11) is -3.76. The van der Waals surface area contributed by atoms with Gasteiger partial charge in [-0.05, 0) is 42.8 Å². The highest BCUT2D eigenvalue weighted by Gasteiger charge is 2.28. The van der Waals surface area contributed by atoms with Crippen molar-refractivity contribution in [1.82, 2.24) is 9.29 Å². The molecule has 2 heterocycles. The zero-order chi connectivity index (χ0) is 22.9. The lowest BCUT2D eigenvalue weighted by Crippen LogP contribution is -2.40. The van der Waals surface area contributed by atoms with E-state index in [1.807, 2.05) is 0 Å². The first kappa shape index (κ1) is 23.1. The lowest BCUT2D eigenvalue weighted by Gasteiger charge is -2.26. The molecule has 0 bridgehead atoms. The summed E-state index contributed by atoms with van der Waals surface area (Å²) >= 11 is 1.60. The smallest absolute Gasteiger partial charge is 0.288 e. The minimum atomic E-state index is -3.76. The minimum Gasteiger partial charge on any atom is -0.379 e. The Bertz CT molecular complexity index is 1260. The number of sulfonamides is 1. The molecular weight excluding hydrogens is 480 g/mol. The van der Waals surface area contributed by atoms with Gasteiger partial charge < -0.3 is 4.74 Å². The SMILES string of the molecule is Cc1ccc(C(=O)Nc2nc3ccc(SC(F)F)cc3s2)cc1S(=O)(=O)N1CCOCC1. The van der Waals surface area contributed by atoms with E-state index in [4.69, 9.17) is 4.74 Å². The largest absolute Gasteiger partial charge is 0.379 e. The predicted octanol–water partition coefficient (Wildman–Crippen LogP) is 4.19. The maximum Gasteiger partial charge on any atom is 0.288 e. The van der Waals surface area contributed by atoms with E-state index in [-0.39, 0.29) is 23.5 Å². The second kappa shape index (κ2) is 9.40. The summed E-state index contributed by atoms with van der Waals surface area (Å²) in [4.78, 5) is 17.6. The number of nitrogens with one attached hydrogen (secondary N) is 1. The molecule has 1 saturated heterocycles. The Balaban J connectivity index is 1.56. The first-order valence-corrected chi connectivity index (χ1v) is 12.7. The fourth-order valence-electron chi connectivity index (χ4n) is 3.25. The molecule has 4 rings (SSSR count). The number of thioether (sulfide) groups is 1. The summed E-state index contributed by atoms with van der Waals surface area (Å²) in [5.41, 5.74) is 1.29. The second-order valence-electron chi connectivity index (χ2n) is 6.98. The maximum atomic E-state index is 13.0. The lowest BCUT2D eigenvalue weighted by atomic mass is 10.1. The van der Waals surface area contributed by atoms with Crippen LogP contribution in [-0.2, 0) is 14.8 Å². The van der Waals surface area contributed by atoms with Crippen LogP contribution in [-0.4, -0.2) is 55.7 Å². The molecule has 1 aliphatic heterocycles. The van der Waals surface area contributed by atoms with E-state index >= 15 is 0 Å². The third-order valence-corrected chi connectivity index (χ3v) is 8.52. The molecule has 0 aliphatic carbocycles. The number of thiazole rings is 1. The fraction of sp³-hybridized carbons (Fsp3) is 0.300. The summed E-state index contributed by atoms with van der Waals surface area (Å²) in [5.74, 6) is -3.03. The number of anilines is 1. The summed E-state index contributed by atoms with van der Waals surface area (Å²) < 4.78 is 58.5. The van der Waals surface area contributed by atoms with E-state index in [1.54, 1.807) is 37.3 Å². The Morgan fingerprint density at radius 1 is 1.22 bits per heavy atom. The third-order valence-electron chi connectivity index (χ3n) is 4.84. The number of carbonyl (C=O) groups excluding carboxylic acids is 1. The van der Waals surface area contributed by atoms with Crippen LogP contribution in [0.4, 0.5) is 13.9 Å².